The van der Waals surface area contributed by atoms with Crippen molar-refractivity contribution in [1.82, 2.24) is 25.4 Å². The summed E-state index contributed by atoms with van der Waals surface area (Å²) in [5.74, 6) is 0. The minimum atomic E-state index is -4.48. The Morgan fingerprint density at radius 3 is 3.07 bits per heavy atom. The van der Waals surface area contributed by atoms with Crippen molar-refractivity contribution < 1.29 is 18.9 Å². The van der Waals surface area contributed by atoms with E-state index in [9.17, 15) is 4.57 Å². The van der Waals surface area contributed by atoms with Crippen LogP contribution in [0.5, 0.6) is 0 Å². The van der Waals surface area contributed by atoms with Gasteiger partial charge in [-0.1, -0.05) is 0 Å². The Morgan fingerprint density at radius 2 is 2.36 bits per heavy atom. The van der Waals surface area contributed by atoms with Crippen molar-refractivity contribution in [3.8, 4) is 0 Å². The number of H-pyrrole nitrogens is 1. The molecule has 1 aromatic rings. The maximum Gasteiger partial charge on any atom is 0.471 e. The second-order valence-corrected chi connectivity index (χ2v) is 3.35. The molecule has 0 saturated carbocycles. The molecule has 0 aliphatic heterocycles. The van der Waals surface area contributed by atoms with Gasteiger partial charge in [0.05, 0.1) is 6.20 Å². The van der Waals surface area contributed by atoms with Crippen LogP contribution < -0.4 is 0 Å². The molecule has 1 aromatic heterocycles. The van der Waals surface area contributed by atoms with Gasteiger partial charge >= 0.3 is 7.82 Å². The Kier molecular flexibility index (Phi) is 3.72. The van der Waals surface area contributed by atoms with Gasteiger partial charge in [-0.2, -0.15) is 5.21 Å². The number of nitrogens with zero attached hydrogens (tertiary/aromatic N) is 4. The van der Waals surface area contributed by atoms with E-state index in [2.05, 4.69) is 25.3 Å². The monoisotopic (exact) mass is 221 g/mol. The van der Waals surface area contributed by atoms with E-state index in [0.717, 1.165) is 0 Å². The number of phosphoric acid groups is 1. The SMILES string of the molecule is O=P(O)(O)OCn1cccnnn[nH]1. The van der Waals surface area contributed by atoms with E-state index < -0.39 is 7.82 Å². The molecule has 0 aliphatic carbocycles. The number of hydrogen-bond acceptors (Lipinski definition) is 5. The molecule has 0 unspecified atom stereocenters. The molecule has 1 rings (SSSR count). The molecular weight excluding hydrogens is 213 g/mol. The van der Waals surface area contributed by atoms with E-state index in [1.165, 1.54) is 23.1 Å². The van der Waals surface area contributed by atoms with Crippen LogP contribution in [-0.4, -0.2) is 35.2 Å². The summed E-state index contributed by atoms with van der Waals surface area (Å²) in [6.45, 7) is -0.367. The molecule has 0 spiro atoms. The van der Waals surface area contributed by atoms with E-state index in [0.29, 0.717) is 0 Å². The Balaban J connectivity index is 2.69. The zero-order chi connectivity index (χ0) is 10.4. The average molecular weight is 221 g/mol. The number of rotatable bonds is 3. The van der Waals surface area contributed by atoms with Crippen LogP contribution in [0.3, 0.4) is 0 Å². The summed E-state index contributed by atoms with van der Waals surface area (Å²) >= 11 is 0. The quantitative estimate of drug-likeness (QED) is 0.569. The van der Waals surface area contributed by atoms with Crippen molar-refractivity contribution in [1.29, 1.82) is 0 Å². The maximum absolute atomic E-state index is 10.3. The Bertz CT molecular complexity index is 348. The van der Waals surface area contributed by atoms with Crippen LogP contribution in [0.2, 0.25) is 0 Å². The molecule has 0 amide bonds. The summed E-state index contributed by atoms with van der Waals surface area (Å²) in [6, 6.07) is 1.49. The smallest absolute Gasteiger partial charge is 0.303 e. The third-order valence-electron chi connectivity index (χ3n) is 1.05. The zero-order valence-electron chi connectivity index (χ0n) is 6.89. The fourth-order valence-corrected chi connectivity index (χ4v) is 0.831. The molecule has 0 fully saturated rings. The highest BCUT2D eigenvalue weighted by Crippen LogP contribution is 2.35. The molecule has 0 bridgehead atoms. The first-order chi connectivity index (χ1) is 6.58. The van der Waals surface area contributed by atoms with E-state index in [1.807, 2.05) is 0 Å². The molecule has 78 valence electrons. The molecule has 0 radical (unpaired) electrons. The second-order valence-electron chi connectivity index (χ2n) is 2.11. The summed E-state index contributed by atoms with van der Waals surface area (Å²) < 4.78 is 15.7. The average Bonchev–Trinajstić information content (AvgIpc) is 2.00. The molecule has 10 heteroatoms. The van der Waals surface area contributed by atoms with Crippen LogP contribution in [0.4, 0.5) is 0 Å². The van der Waals surface area contributed by atoms with E-state index in [4.69, 9.17) is 9.79 Å². The van der Waals surface area contributed by atoms with Gasteiger partial charge in [-0.25, -0.2) is 4.57 Å². The fraction of sp³-hybridized carbons (Fsp3) is 0.250. The van der Waals surface area contributed by atoms with Crippen molar-refractivity contribution in [3.05, 3.63) is 18.5 Å². The molecule has 0 saturated heterocycles. The third-order valence-corrected chi connectivity index (χ3v) is 1.51. The summed E-state index contributed by atoms with van der Waals surface area (Å²) in [5, 5.41) is 12.4. The van der Waals surface area contributed by atoms with Crippen molar-refractivity contribution >= 4 is 7.82 Å². The maximum atomic E-state index is 10.3. The third kappa shape index (κ3) is 4.67. The number of aromatic nitrogens is 5. The van der Waals surface area contributed by atoms with Gasteiger partial charge in [0.25, 0.3) is 0 Å². The van der Waals surface area contributed by atoms with Gasteiger partial charge in [-0.15, -0.1) is 5.10 Å². The molecule has 0 atom stereocenters. The van der Waals surface area contributed by atoms with E-state index in [1.54, 1.807) is 0 Å². The first-order valence-corrected chi connectivity index (χ1v) is 4.93. The number of hydrogen-bond donors (Lipinski definition) is 3. The first kappa shape index (κ1) is 10.8. The number of aromatic amines is 1. The minimum absolute atomic E-state index is 0.367. The highest BCUT2D eigenvalue weighted by molar-refractivity contribution is 7.46. The zero-order valence-corrected chi connectivity index (χ0v) is 7.78. The normalized spacial score (nSPS) is 11.0. The molecule has 1 heterocycles. The van der Waals surface area contributed by atoms with Crippen LogP contribution >= 0.6 is 7.82 Å². The predicted octanol–water partition coefficient (Wildman–Crippen LogP) is -0.808. The van der Waals surface area contributed by atoms with E-state index in [-0.39, 0.29) is 6.73 Å². The molecular formula is C4H8N5O4P. The van der Waals surface area contributed by atoms with Crippen LogP contribution in [0, 0.1) is 0 Å². The lowest BCUT2D eigenvalue weighted by Gasteiger charge is -2.05. The second kappa shape index (κ2) is 4.82. The Hall–Kier alpha value is -1.28. The van der Waals surface area contributed by atoms with Gasteiger partial charge in [0.2, 0.25) is 0 Å². The predicted molar refractivity (Wildman–Crippen MR) is 42.9 cm³/mol. The van der Waals surface area contributed by atoms with Gasteiger partial charge in [-0.05, 0) is 16.5 Å². The van der Waals surface area contributed by atoms with Crippen molar-refractivity contribution in [2.24, 2.45) is 0 Å². The van der Waals surface area contributed by atoms with Gasteiger partial charge in [0.15, 0.2) is 0 Å². The Labute approximate surface area is 78.3 Å². The summed E-state index contributed by atoms with van der Waals surface area (Å²) in [7, 11) is -4.48. The standard InChI is InChI=1S/C4H8N5O4P/c10-14(11,12)13-4-9-3-1-2-5-6-7-8-9/h1-3H,4H2,(H,6,8)(H2,10,11,12). The minimum Gasteiger partial charge on any atom is -0.303 e. The number of phosphoric ester groups is 1. The van der Waals surface area contributed by atoms with Gasteiger partial charge in [0.1, 0.15) is 6.73 Å². The van der Waals surface area contributed by atoms with Crippen molar-refractivity contribution in [2.75, 3.05) is 0 Å². The van der Waals surface area contributed by atoms with Crippen LogP contribution in [0.25, 0.3) is 0 Å². The summed E-state index contributed by atoms with van der Waals surface area (Å²) in [4.78, 5) is 16.8. The topological polar surface area (TPSA) is 126 Å². The fourth-order valence-electron chi connectivity index (χ4n) is 0.557. The van der Waals surface area contributed by atoms with E-state index >= 15 is 0 Å². The summed E-state index contributed by atoms with van der Waals surface area (Å²) in [6.07, 6.45) is 2.78. The first-order valence-electron chi connectivity index (χ1n) is 3.40. The molecule has 0 aromatic carbocycles. The lowest BCUT2D eigenvalue weighted by Crippen LogP contribution is -2.06. The Morgan fingerprint density at radius 1 is 1.57 bits per heavy atom. The molecule has 9 nitrogen and oxygen atoms in total. The molecule has 0 aliphatic rings. The largest absolute Gasteiger partial charge is 0.471 e. The van der Waals surface area contributed by atoms with Crippen molar-refractivity contribution in [2.45, 2.75) is 6.73 Å². The summed E-state index contributed by atoms with van der Waals surface area (Å²) in [5.41, 5.74) is 0. The number of nitrogens with one attached hydrogen (secondary N) is 1. The van der Waals surface area contributed by atoms with Crippen LogP contribution in [-0.2, 0) is 15.8 Å². The van der Waals surface area contributed by atoms with Crippen molar-refractivity contribution in [3.63, 3.8) is 0 Å². The highest BCUT2D eigenvalue weighted by Gasteiger charge is 2.12. The van der Waals surface area contributed by atoms with Crippen LogP contribution in [0.15, 0.2) is 18.5 Å². The molecule has 3 N–H and O–H groups in total. The lowest BCUT2D eigenvalue weighted by atomic mass is 10.7. The highest BCUT2D eigenvalue weighted by atomic mass is 31.2. The van der Waals surface area contributed by atoms with Gasteiger partial charge < -0.3 is 9.79 Å². The van der Waals surface area contributed by atoms with Crippen LogP contribution in [0.1, 0.15) is 0 Å². The van der Waals surface area contributed by atoms with Gasteiger partial charge in [-0.3, -0.25) is 9.21 Å². The van der Waals surface area contributed by atoms with Gasteiger partial charge in [0, 0.05) is 6.20 Å². The lowest BCUT2D eigenvalue weighted by molar-refractivity contribution is 0.141. The molecule has 14 heavy (non-hydrogen) atoms.